The first-order valence-corrected chi connectivity index (χ1v) is 6.42. The molecule has 0 aliphatic heterocycles. The molecule has 3 nitrogen and oxygen atoms in total. The van der Waals surface area contributed by atoms with E-state index in [2.05, 4.69) is 0 Å². The van der Waals surface area contributed by atoms with Crippen molar-refractivity contribution in [2.75, 3.05) is 7.11 Å². The molecule has 2 aromatic rings. The van der Waals surface area contributed by atoms with Crippen LogP contribution in [0.1, 0.15) is 18.6 Å². The van der Waals surface area contributed by atoms with E-state index < -0.39 is 6.10 Å². The Hall–Kier alpha value is -2.07. The average Bonchev–Trinajstić information content (AvgIpc) is 2.44. The smallest absolute Gasteiger partial charge is 0.162 e. The Morgan fingerprint density at radius 2 is 1.75 bits per heavy atom. The molecule has 0 spiro atoms. The number of nitrogens with two attached hydrogens (primary N) is 1. The normalized spacial score (nSPS) is 13.6. The van der Waals surface area contributed by atoms with Gasteiger partial charge >= 0.3 is 0 Å². The molecular weight excluding hydrogens is 257 g/mol. The average molecular weight is 275 g/mol. The lowest BCUT2D eigenvalue weighted by Crippen LogP contribution is -2.29. The predicted molar refractivity (Wildman–Crippen MR) is 76.4 cm³/mol. The molecule has 2 aromatic carbocycles. The first kappa shape index (κ1) is 14.3. The Kier molecular flexibility index (Phi) is 4.58. The van der Waals surface area contributed by atoms with Crippen LogP contribution in [0.5, 0.6) is 11.5 Å². The number of benzene rings is 2. The van der Waals surface area contributed by atoms with Crippen molar-refractivity contribution in [3.63, 3.8) is 0 Å². The zero-order valence-electron chi connectivity index (χ0n) is 11.5. The van der Waals surface area contributed by atoms with Gasteiger partial charge in [-0.05, 0) is 36.8 Å². The van der Waals surface area contributed by atoms with Crippen LogP contribution in [-0.2, 0) is 0 Å². The molecule has 0 bridgehead atoms. The Balaban J connectivity index is 2.31. The molecule has 0 radical (unpaired) electrons. The highest BCUT2D eigenvalue weighted by Crippen LogP contribution is 2.31. The molecule has 0 aliphatic rings. The fourth-order valence-electron chi connectivity index (χ4n) is 2.02. The first-order valence-electron chi connectivity index (χ1n) is 6.42. The fourth-order valence-corrected chi connectivity index (χ4v) is 2.02. The highest BCUT2D eigenvalue weighted by molar-refractivity contribution is 5.40. The van der Waals surface area contributed by atoms with Gasteiger partial charge in [0.2, 0.25) is 0 Å². The van der Waals surface area contributed by atoms with E-state index in [-0.39, 0.29) is 11.9 Å². The molecule has 20 heavy (non-hydrogen) atoms. The van der Waals surface area contributed by atoms with Crippen molar-refractivity contribution in [3.05, 3.63) is 59.9 Å². The van der Waals surface area contributed by atoms with Gasteiger partial charge in [0.05, 0.1) is 7.11 Å². The molecular formula is C16H18FNO2. The van der Waals surface area contributed by atoms with E-state index in [1.165, 1.54) is 12.1 Å². The van der Waals surface area contributed by atoms with E-state index in [1.54, 1.807) is 31.4 Å². The lowest BCUT2D eigenvalue weighted by molar-refractivity contribution is 0.173. The van der Waals surface area contributed by atoms with Gasteiger partial charge in [-0.3, -0.25) is 0 Å². The molecule has 0 saturated heterocycles. The van der Waals surface area contributed by atoms with Crippen LogP contribution in [0.15, 0.2) is 48.5 Å². The molecule has 2 unspecified atom stereocenters. The van der Waals surface area contributed by atoms with Crippen LogP contribution in [0.4, 0.5) is 4.39 Å². The van der Waals surface area contributed by atoms with Crippen LogP contribution in [0.2, 0.25) is 0 Å². The monoisotopic (exact) mass is 275 g/mol. The zero-order valence-corrected chi connectivity index (χ0v) is 11.5. The van der Waals surface area contributed by atoms with Crippen LogP contribution in [0, 0.1) is 5.82 Å². The van der Waals surface area contributed by atoms with E-state index in [0.29, 0.717) is 17.1 Å². The van der Waals surface area contributed by atoms with Gasteiger partial charge in [-0.2, -0.15) is 0 Å². The van der Waals surface area contributed by atoms with Gasteiger partial charge in [0.1, 0.15) is 11.9 Å². The van der Waals surface area contributed by atoms with Crippen molar-refractivity contribution in [1.82, 2.24) is 0 Å². The van der Waals surface area contributed by atoms with Gasteiger partial charge in [-0.25, -0.2) is 4.39 Å². The molecule has 4 heteroatoms. The highest BCUT2D eigenvalue weighted by Gasteiger charge is 2.20. The van der Waals surface area contributed by atoms with Crippen LogP contribution in [0.3, 0.4) is 0 Å². The summed E-state index contributed by atoms with van der Waals surface area (Å²) >= 11 is 0. The van der Waals surface area contributed by atoms with Gasteiger partial charge in [-0.15, -0.1) is 0 Å². The van der Waals surface area contributed by atoms with E-state index in [0.717, 1.165) is 0 Å². The van der Waals surface area contributed by atoms with Gasteiger partial charge < -0.3 is 15.2 Å². The summed E-state index contributed by atoms with van der Waals surface area (Å²) in [7, 11) is 1.57. The van der Waals surface area contributed by atoms with Crippen LogP contribution >= 0.6 is 0 Å². The quantitative estimate of drug-likeness (QED) is 0.910. The summed E-state index contributed by atoms with van der Waals surface area (Å²) in [5, 5.41) is 0. The van der Waals surface area contributed by atoms with Gasteiger partial charge in [-0.1, -0.05) is 24.3 Å². The van der Waals surface area contributed by atoms with Gasteiger partial charge in [0.15, 0.2) is 11.5 Å². The number of rotatable bonds is 5. The van der Waals surface area contributed by atoms with Crippen LogP contribution in [-0.4, -0.2) is 13.2 Å². The lowest BCUT2D eigenvalue weighted by Gasteiger charge is -2.24. The second kappa shape index (κ2) is 6.39. The minimum Gasteiger partial charge on any atom is -0.493 e. The third-order valence-electron chi connectivity index (χ3n) is 2.98. The lowest BCUT2D eigenvalue weighted by atomic mass is 10.0. The van der Waals surface area contributed by atoms with Crippen molar-refractivity contribution in [2.24, 2.45) is 5.73 Å². The van der Waals surface area contributed by atoms with Crippen molar-refractivity contribution < 1.29 is 13.9 Å². The van der Waals surface area contributed by atoms with Crippen molar-refractivity contribution in [3.8, 4) is 11.5 Å². The Morgan fingerprint density at radius 3 is 2.35 bits per heavy atom. The molecule has 2 N–H and O–H groups in total. The van der Waals surface area contributed by atoms with Crippen LogP contribution < -0.4 is 15.2 Å². The van der Waals surface area contributed by atoms with E-state index in [4.69, 9.17) is 15.2 Å². The second-order valence-electron chi connectivity index (χ2n) is 4.60. The number of hydrogen-bond acceptors (Lipinski definition) is 3. The van der Waals surface area contributed by atoms with Gasteiger partial charge in [0.25, 0.3) is 0 Å². The van der Waals surface area contributed by atoms with E-state index in [9.17, 15) is 4.39 Å². The number of halogens is 1. The SMILES string of the molecule is COc1ccccc1OC(c1cccc(F)c1)C(C)N. The fraction of sp³-hybridized carbons (Fsp3) is 0.250. The molecule has 0 aromatic heterocycles. The molecule has 2 rings (SSSR count). The first-order chi connectivity index (χ1) is 9.61. The summed E-state index contributed by atoms with van der Waals surface area (Å²) < 4.78 is 24.5. The number of hydrogen-bond donors (Lipinski definition) is 1. The highest BCUT2D eigenvalue weighted by atomic mass is 19.1. The Morgan fingerprint density at radius 1 is 1.05 bits per heavy atom. The summed E-state index contributed by atoms with van der Waals surface area (Å²) in [5.41, 5.74) is 6.67. The summed E-state index contributed by atoms with van der Waals surface area (Å²) in [5.74, 6) is 0.896. The molecule has 0 fully saturated rings. The summed E-state index contributed by atoms with van der Waals surface area (Å²) in [6, 6.07) is 13.3. The Labute approximate surface area is 118 Å². The third kappa shape index (κ3) is 3.27. The van der Waals surface area contributed by atoms with Gasteiger partial charge in [0, 0.05) is 6.04 Å². The molecule has 0 saturated carbocycles. The molecule has 0 heterocycles. The standard InChI is InChI=1S/C16H18FNO2/c1-11(18)16(12-6-5-7-13(17)10-12)20-15-9-4-3-8-14(15)19-2/h3-11,16H,18H2,1-2H3. The maximum absolute atomic E-state index is 13.4. The minimum absolute atomic E-state index is 0.290. The summed E-state index contributed by atoms with van der Waals surface area (Å²) in [6.07, 6.45) is -0.443. The predicted octanol–water partition coefficient (Wildman–Crippen LogP) is 3.30. The minimum atomic E-state index is -0.443. The number of para-hydroxylation sites is 2. The largest absolute Gasteiger partial charge is 0.493 e. The van der Waals surface area contributed by atoms with Crippen LogP contribution in [0.25, 0.3) is 0 Å². The maximum Gasteiger partial charge on any atom is 0.162 e. The topological polar surface area (TPSA) is 44.5 Å². The zero-order chi connectivity index (χ0) is 14.5. The van der Waals surface area contributed by atoms with Crippen molar-refractivity contribution in [1.29, 1.82) is 0 Å². The molecule has 106 valence electrons. The summed E-state index contributed by atoms with van der Waals surface area (Å²) in [6.45, 7) is 1.82. The number of methoxy groups -OCH3 is 1. The Bertz CT molecular complexity index is 572. The number of ether oxygens (including phenoxy) is 2. The second-order valence-corrected chi connectivity index (χ2v) is 4.60. The maximum atomic E-state index is 13.4. The van der Waals surface area contributed by atoms with E-state index in [1.807, 2.05) is 19.1 Å². The molecule has 0 amide bonds. The van der Waals surface area contributed by atoms with Crippen molar-refractivity contribution >= 4 is 0 Å². The van der Waals surface area contributed by atoms with Crippen molar-refractivity contribution in [2.45, 2.75) is 19.1 Å². The third-order valence-corrected chi connectivity index (χ3v) is 2.98. The molecule has 2 atom stereocenters. The van der Waals surface area contributed by atoms with E-state index >= 15 is 0 Å². The molecule has 0 aliphatic carbocycles. The summed E-state index contributed by atoms with van der Waals surface area (Å²) in [4.78, 5) is 0.